The number of likely N-dealkylation sites (tertiary alicyclic amines) is 1. The van der Waals surface area contributed by atoms with Crippen LogP contribution in [0, 0.1) is 17.1 Å². The third-order valence-corrected chi connectivity index (χ3v) is 3.47. The number of methoxy groups -OCH3 is 1. The lowest BCUT2D eigenvalue weighted by Gasteiger charge is -2.15. The molecule has 0 aromatic heterocycles. The highest BCUT2D eigenvalue weighted by atomic mass is 19.1. The molecule has 3 nitrogen and oxygen atoms in total. The smallest absolute Gasteiger partial charge is 0.140 e. The molecule has 1 aromatic rings. The van der Waals surface area contributed by atoms with Crippen molar-refractivity contribution in [1.29, 1.82) is 5.26 Å². The van der Waals surface area contributed by atoms with Gasteiger partial charge < -0.3 is 9.64 Å². The van der Waals surface area contributed by atoms with Crippen LogP contribution >= 0.6 is 0 Å². The van der Waals surface area contributed by atoms with Crippen molar-refractivity contribution in [3.05, 3.63) is 35.1 Å². The van der Waals surface area contributed by atoms with E-state index in [1.165, 1.54) is 6.07 Å². The Morgan fingerprint density at radius 3 is 3.11 bits per heavy atom. The first kappa shape index (κ1) is 13.0. The Hall–Kier alpha value is -1.44. The highest BCUT2D eigenvalue weighted by Gasteiger charge is 2.24. The zero-order valence-electron chi connectivity index (χ0n) is 10.5. The van der Waals surface area contributed by atoms with E-state index in [9.17, 15) is 4.39 Å². The van der Waals surface area contributed by atoms with Crippen LogP contribution in [-0.2, 0) is 4.74 Å². The zero-order chi connectivity index (χ0) is 13.0. The van der Waals surface area contributed by atoms with Crippen molar-refractivity contribution in [1.82, 2.24) is 4.90 Å². The lowest BCUT2D eigenvalue weighted by molar-refractivity contribution is 0.160. The minimum absolute atomic E-state index is 0.142. The molecule has 0 N–H and O–H groups in total. The zero-order valence-corrected chi connectivity index (χ0v) is 10.5. The fourth-order valence-electron chi connectivity index (χ4n) is 2.41. The standard InChI is InChI=1S/C14H17FN2O/c1-18-7-6-17-5-4-12(10-17)11-2-3-14(15)13(8-11)9-16/h2-3,8,12H,4-7,10H2,1H3. The molecule has 1 aliphatic rings. The average Bonchev–Trinajstić information content (AvgIpc) is 2.85. The molecule has 0 aliphatic carbocycles. The number of hydrogen-bond acceptors (Lipinski definition) is 3. The van der Waals surface area contributed by atoms with Crippen molar-refractivity contribution in [3.63, 3.8) is 0 Å². The van der Waals surface area contributed by atoms with Gasteiger partial charge in [-0.25, -0.2) is 4.39 Å². The lowest BCUT2D eigenvalue weighted by atomic mass is 9.97. The summed E-state index contributed by atoms with van der Waals surface area (Å²) in [6.45, 7) is 3.66. The van der Waals surface area contributed by atoms with E-state index in [4.69, 9.17) is 10.00 Å². The second-order valence-corrected chi connectivity index (χ2v) is 4.63. The molecule has 0 radical (unpaired) electrons. The highest BCUT2D eigenvalue weighted by Crippen LogP contribution is 2.28. The quantitative estimate of drug-likeness (QED) is 0.819. The molecule has 1 fully saturated rings. The van der Waals surface area contributed by atoms with Crippen molar-refractivity contribution in [3.8, 4) is 6.07 Å². The van der Waals surface area contributed by atoms with Crippen molar-refractivity contribution in [2.45, 2.75) is 12.3 Å². The molecule has 0 spiro atoms. The van der Waals surface area contributed by atoms with E-state index in [0.29, 0.717) is 5.92 Å². The fraction of sp³-hybridized carbons (Fsp3) is 0.500. The molecule has 1 atom stereocenters. The molecule has 1 unspecified atom stereocenters. The van der Waals surface area contributed by atoms with Gasteiger partial charge in [0.1, 0.15) is 11.9 Å². The Bertz CT molecular complexity index is 456. The Morgan fingerprint density at radius 1 is 1.56 bits per heavy atom. The number of nitrogens with zero attached hydrogens (tertiary/aromatic N) is 2. The van der Waals surface area contributed by atoms with Gasteiger partial charge >= 0.3 is 0 Å². The monoisotopic (exact) mass is 248 g/mol. The summed E-state index contributed by atoms with van der Waals surface area (Å²) in [5.74, 6) is -0.0370. The van der Waals surface area contributed by atoms with Crippen LogP contribution in [0.1, 0.15) is 23.5 Å². The maximum absolute atomic E-state index is 13.3. The normalized spacial score (nSPS) is 19.9. The van der Waals surface area contributed by atoms with Crippen LogP contribution in [0.3, 0.4) is 0 Å². The molecular formula is C14H17FN2O. The summed E-state index contributed by atoms with van der Waals surface area (Å²) in [4.78, 5) is 2.34. The van der Waals surface area contributed by atoms with E-state index in [1.807, 2.05) is 6.07 Å². The summed E-state index contributed by atoms with van der Waals surface area (Å²) in [5, 5.41) is 8.84. The van der Waals surface area contributed by atoms with Gasteiger partial charge in [-0.05, 0) is 36.6 Å². The highest BCUT2D eigenvalue weighted by molar-refractivity contribution is 5.36. The lowest BCUT2D eigenvalue weighted by Crippen LogP contribution is -2.24. The Morgan fingerprint density at radius 2 is 2.39 bits per heavy atom. The molecule has 1 aromatic carbocycles. The molecule has 96 valence electrons. The Labute approximate surface area is 107 Å². The van der Waals surface area contributed by atoms with Crippen LogP contribution in [0.2, 0.25) is 0 Å². The van der Waals surface area contributed by atoms with Crippen LogP contribution in [-0.4, -0.2) is 38.3 Å². The molecule has 0 saturated carbocycles. The van der Waals surface area contributed by atoms with Crippen LogP contribution < -0.4 is 0 Å². The van der Waals surface area contributed by atoms with Crippen LogP contribution in [0.5, 0.6) is 0 Å². The summed E-state index contributed by atoms with van der Waals surface area (Å²) in [6, 6.07) is 6.76. The number of halogens is 1. The van der Waals surface area contributed by atoms with Crippen molar-refractivity contribution >= 4 is 0 Å². The number of ether oxygens (including phenoxy) is 1. The van der Waals surface area contributed by atoms with E-state index in [1.54, 1.807) is 19.2 Å². The van der Waals surface area contributed by atoms with Gasteiger partial charge in [-0.15, -0.1) is 0 Å². The van der Waals surface area contributed by atoms with Gasteiger partial charge in [0.15, 0.2) is 0 Å². The third kappa shape index (κ3) is 2.87. The maximum atomic E-state index is 13.3. The van der Waals surface area contributed by atoms with Gasteiger partial charge in [0.25, 0.3) is 0 Å². The van der Waals surface area contributed by atoms with Crippen molar-refractivity contribution in [2.75, 3.05) is 33.4 Å². The summed E-state index contributed by atoms with van der Waals surface area (Å²) < 4.78 is 18.3. The summed E-state index contributed by atoms with van der Waals surface area (Å²) in [6.07, 6.45) is 1.06. The number of benzene rings is 1. The molecule has 2 rings (SSSR count). The fourth-order valence-corrected chi connectivity index (χ4v) is 2.41. The molecule has 18 heavy (non-hydrogen) atoms. The Kier molecular flexibility index (Phi) is 4.29. The first-order chi connectivity index (χ1) is 8.74. The van der Waals surface area contributed by atoms with Gasteiger partial charge in [0.05, 0.1) is 12.2 Å². The van der Waals surface area contributed by atoms with E-state index in [0.717, 1.165) is 38.2 Å². The SMILES string of the molecule is COCCN1CCC(c2ccc(F)c(C#N)c2)C1. The molecule has 1 saturated heterocycles. The molecule has 1 aliphatic heterocycles. The first-order valence-electron chi connectivity index (χ1n) is 6.15. The molecule has 1 heterocycles. The van der Waals surface area contributed by atoms with Gasteiger partial charge in [-0.2, -0.15) is 5.26 Å². The minimum atomic E-state index is -0.435. The summed E-state index contributed by atoms with van der Waals surface area (Å²) >= 11 is 0. The maximum Gasteiger partial charge on any atom is 0.140 e. The largest absolute Gasteiger partial charge is 0.383 e. The van der Waals surface area contributed by atoms with Crippen LogP contribution in [0.25, 0.3) is 0 Å². The van der Waals surface area contributed by atoms with Crippen LogP contribution in [0.15, 0.2) is 18.2 Å². The van der Waals surface area contributed by atoms with E-state index >= 15 is 0 Å². The molecule has 4 heteroatoms. The number of hydrogen-bond donors (Lipinski definition) is 0. The Balaban J connectivity index is 2.03. The average molecular weight is 248 g/mol. The molecule has 0 amide bonds. The van der Waals surface area contributed by atoms with Gasteiger partial charge in [-0.1, -0.05) is 6.07 Å². The molecule has 0 bridgehead atoms. The van der Waals surface area contributed by atoms with E-state index in [2.05, 4.69) is 4.90 Å². The predicted octanol–water partition coefficient (Wildman–Crippen LogP) is 2.13. The molecular weight excluding hydrogens is 231 g/mol. The van der Waals surface area contributed by atoms with Gasteiger partial charge in [0, 0.05) is 20.2 Å². The van der Waals surface area contributed by atoms with Crippen molar-refractivity contribution in [2.24, 2.45) is 0 Å². The van der Waals surface area contributed by atoms with Crippen molar-refractivity contribution < 1.29 is 9.13 Å². The van der Waals surface area contributed by atoms with Gasteiger partial charge in [0.2, 0.25) is 0 Å². The van der Waals surface area contributed by atoms with Crippen LogP contribution in [0.4, 0.5) is 4.39 Å². The predicted molar refractivity (Wildman–Crippen MR) is 66.8 cm³/mol. The number of rotatable bonds is 4. The third-order valence-electron chi connectivity index (χ3n) is 3.47. The van der Waals surface area contributed by atoms with E-state index in [-0.39, 0.29) is 5.56 Å². The second kappa shape index (κ2) is 5.94. The summed E-state index contributed by atoms with van der Waals surface area (Å²) in [5.41, 5.74) is 1.20. The topological polar surface area (TPSA) is 36.3 Å². The van der Waals surface area contributed by atoms with Gasteiger partial charge in [-0.3, -0.25) is 0 Å². The summed E-state index contributed by atoms with van der Waals surface area (Å²) in [7, 11) is 1.70. The number of nitriles is 1. The first-order valence-corrected chi connectivity index (χ1v) is 6.15. The second-order valence-electron chi connectivity index (χ2n) is 4.63. The van der Waals surface area contributed by atoms with E-state index < -0.39 is 5.82 Å². The minimum Gasteiger partial charge on any atom is -0.383 e.